The fourth-order valence-corrected chi connectivity index (χ4v) is 5.46. The zero-order chi connectivity index (χ0) is 30.7. The molecule has 2 heterocycles. The molecule has 3 aliphatic rings. The number of aliphatic hydroxyl groups excluding tert-OH is 4. The van der Waals surface area contributed by atoms with E-state index in [2.05, 4.69) is 5.32 Å². The summed E-state index contributed by atoms with van der Waals surface area (Å²) in [5.41, 5.74) is 8.24. The number of ether oxygens (including phenoxy) is 5. The zero-order valence-corrected chi connectivity index (χ0v) is 23.9. The highest BCUT2D eigenvalue weighted by Crippen LogP contribution is 2.32. The number of nitrogens with two attached hydrogens (primary N) is 1. The molecule has 2 aromatic carbocycles. The minimum atomic E-state index is -1.44. The first-order valence-electron chi connectivity index (χ1n) is 14.1. The summed E-state index contributed by atoms with van der Waals surface area (Å²) in [7, 11) is 0. The number of nitrogens with one attached hydrogen (secondary N) is 1. The fraction of sp³-hybridized carbons (Fsp3) is 0.452. The number of fused-ring (bicyclic) bond motifs is 1. The molecular weight excluding hydrogens is 560 g/mol. The first-order chi connectivity index (χ1) is 20.6. The predicted molar refractivity (Wildman–Crippen MR) is 155 cm³/mol. The Balaban J connectivity index is 1.16. The maximum absolute atomic E-state index is 12.9. The molecule has 5 rings (SSSR count). The molecule has 3 fully saturated rings. The van der Waals surface area contributed by atoms with Crippen molar-refractivity contribution in [2.24, 2.45) is 0 Å². The van der Waals surface area contributed by atoms with Crippen LogP contribution in [0, 0.1) is 0 Å². The van der Waals surface area contributed by atoms with Crippen LogP contribution in [-0.2, 0) is 19.0 Å². The number of anilines is 1. The van der Waals surface area contributed by atoms with E-state index in [9.17, 15) is 25.2 Å². The van der Waals surface area contributed by atoms with E-state index in [0.29, 0.717) is 23.6 Å². The predicted octanol–water partition coefficient (Wildman–Crippen LogP) is 0.875. The Labute approximate surface area is 249 Å². The molecule has 2 aliphatic heterocycles. The monoisotopic (exact) mass is 598 g/mol. The lowest BCUT2D eigenvalue weighted by molar-refractivity contribution is -0.155. The molecule has 232 valence electrons. The minimum Gasteiger partial charge on any atom is -0.490 e. The third-order valence-electron chi connectivity index (χ3n) is 7.86. The van der Waals surface area contributed by atoms with Gasteiger partial charge in [-0.15, -0.1) is 0 Å². The molecular formula is C31H38N2O10. The van der Waals surface area contributed by atoms with Crippen molar-refractivity contribution in [2.75, 3.05) is 19.1 Å². The van der Waals surface area contributed by atoms with Crippen molar-refractivity contribution in [2.45, 2.75) is 75.3 Å². The maximum atomic E-state index is 12.9. The quantitative estimate of drug-likeness (QED) is 0.137. The molecule has 12 nitrogen and oxygen atoms in total. The molecule has 0 bridgehead atoms. The average molecular weight is 599 g/mol. The van der Waals surface area contributed by atoms with Crippen LogP contribution < -0.4 is 20.5 Å². The van der Waals surface area contributed by atoms with Gasteiger partial charge in [0.05, 0.1) is 17.8 Å². The number of rotatable bonds is 9. The molecule has 1 aliphatic carbocycles. The van der Waals surface area contributed by atoms with Crippen LogP contribution in [0.15, 0.2) is 65.8 Å². The van der Waals surface area contributed by atoms with E-state index in [4.69, 9.17) is 29.4 Å². The van der Waals surface area contributed by atoms with Gasteiger partial charge < -0.3 is 55.2 Å². The van der Waals surface area contributed by atoms with Crippen molar-refractivity contribution in [3.8, 4) is 11.5 Å². The minimum absolute atomic E-state index is 0.119. The van der Waals surface area contributed by atoms with Gasteiger partial charge in [-0.2, -0.15) is 0 Å². The smallest absolute Gasteiger partial charge is 0.247 e. The SMILES string of the molecule is C/C(=C\c1ccc(O[C@H]2C[C@H](O)[C@@H](/C(C)=C/COc3ccccc3)O2)c(N)c1)C(=O)N[C@@H]1[C@H](O)[C@@H](O)[C@H]2OCO[C@H]2[C@@H]1O. The Bertz CT molecular complexity index is 1340. The second-order valence-corrected chi connectivity index (χ2v) is 11.0. The van der Waals surface area contributed by atoms with Crippen molar-refractivity contribution >= 4 is 17.7 Å². The summed E-state index contributed by atoms with van der Waals surface area (Å²) in [5.74, 6) is 0.560. The summed E-state index contributed by atoms with van der Waals surface area (Å²) >= 11 is 0. The third-order valence-corrected chi connectivity index (χ3v) is 7.86. The summed E-state index contributed by atoms with van der Waals surface area (Å²) in [6.07, 6.45) is -4.10. The molecule has 12 heteroatoms. The average Bonchev–Trinajstić information content (AvgIpc) is 3.63. The van der Waals surface area contributed by atoms with Gasteiger partial charge >= 0.3 is 0 Å². The molecule has 2 saturated heterocycles. The number of amides is 1. The van der Waals surface area contributed by atoms with Crippen LogP contribution >= 0.6 is 0 Å². The molecule has 1 amide bonds. The standard InChI is InChI=1S/C31H38N2O10/c1-16(10-11-39-19-6-4-3-5-7-19)28-21(34)14-23(43-28)42-22-9-8-18(13-20(22)32)12-17(2)31(38)33-24-25(35)27(37)30-29(26(24)36)40-15-41-30/h3-10,12-13,21,23-30,34-37H,11,14-15,32H2,1-2H3,(H,33,38)/b16-10+,17-12+/t21-,23+,24+,25-,26+,27+,28+,29-,30+/m0/s1. The first kappa shape index (κ1) is 31.0. The van der Waals surface area contributed by atoms with Crippen molar-refractivity contribution in [1.82, 2.24) is 5.32 Å². The number of hydrogen-bond acceptors (Lipinski definition) is 11. The number of para-hydroxylation sites is 1. The van der Waals surface area contributed by atoms with Crippen LogP contribution in [0.1, 0.15) is 25.8 Å². The lowest BCUT2D eigenvalue weighted by atomic mass is 9.83. The number of aliphatic hydroxyl groups is 4. The highest BCUT2D eigenvalue weighted by Gasteiger charge is 2.53. The number of carbonyl (C=O) groups excluding carboxylic acids is 1. The van der Waals surface area contributed by atoms with Crippen LogP contribution in [0.4, 0.5) is 5.69 Å². The summed E-state index contributed by atoms with van der Waals surface area (Å²) in [5, 5.41) is 44.5. The van der Waals surface area contributed by atoms with Gasteiger partial charge in [-0.3, -0.25) is 4.79 Å². The number of benzene rings is 2. The van der Waals surface area contributed by atoms with Gasteiger partial charge in [-0.05, 0) is 61.4 Å². The summed E-state index contributed by atoms with van der Waals surface area (Å²) in [6.45, 7) is 3.65. The van der Waals surface area contributed by atoms with E-state index in [0.717, 1.165) is 11.3 Å². The highest BCUT2D eigenvalue weighted by molar-refractivity contribution is 5.97. The van der Waals surface area contributed by atoms with E-state index in [1.165, 1.54) is 0 Å². The second-order valence-electron chi connectivity index (χ2n) is 11.0. The van der Waals surface area contributed by atoms with Crippen LogP contribution in [0.2, 0.25) is 0 Å². The second kappa shape index (κ2) is 13.4. The van der Waals surface area contributed by atoms with Crippen molar-refractivity contribution in [3.63, 3.8) is 0 Å². The molecule has 0 aromatic heterocycles. The lowest BCUT2D eigenvalue weighted by Crippen LogP contribution is -2.67. The van der Waals surface area contributed by atoms with Gasteiger partial charge in [0.25, 0.3) is 0 Å². The van der Waals surface area contributed by atoms with Crippen molar-refractivity contribution < 1.29 is 48.9 Å². The summed E-state index contributed by atoms with van der Waals surface area (Å²) in [6, 6.07) is 13.3. The van der Waals surface area contributed by atoms with Gasteiger partial charge in [0.1, 0.15) is 61.5 Å². The Morgan fingerprint density at radius 1 is 1.02 bits per heavy atom. The lowest BCUT2D eigenvalue weighted by Gasteiger charge is -2.41. The van der Waals surface area contributed by atoms with E-state index < -0.39 is 61.0 Å². The highest BCUT2D eigenvalue weighted by atomic mass is 16.7. The zero-order valence-electron chi connectivity index (χ0n) is 23.9. The van der Waals surface area contributed by atoms with Gasteiger partial charge in [0, 0.05) is 12.0 Å². The number of nitrogen functional groups attached to an aromatic ring is 1. The molecule has 7 N–H and O–H groups in total. The molecule has 43 heavy (non-hydrogen) atoms. The van der Waals surface area contributed by atoms with Crippen LogP contribution in [0.3, 0.4) is 0 Å². The molecule has 0 spiro atoms. The van der Waals surface area contributed by atoms with E-state index in [1.54, 1.807) is 31.2 Å². The van der Waals surface area contributed by atoms with Gasteiger partial charge in [0.2, 0.25) is 12.2 Å². The normalized spacial score (nSPS) is 32.7. The fourth-order valence-electron chi connectivity index (χ4n) is 5.46. The van der Waals surface area contributed by atoms with Gasteiger partial charge in [0.15, 0.2) is 0 Å². The Kier molecular flexibility index (Phi) is 9.67. The maximum Gasteiger partial charge on any atom is 0.247 e. The van der Waals surface area contributed by atoms with Crippen LogP contribution in [0.5, 0.6) is 11.5 Å². The number of carbonyl (C=O) groups is 1. The Morgan fingerprint density at radius 3 is 2.47 bits per heavy atom. The van der Waals surface area contributed by atoms with E-state index >= 15 is 0 Å². The van der Waals surface area contributed by atoms with Crippen molar-refractivity contribution in [3.05, 3.63) is 71.3 Å². The summed E-state index contributed by atoms with van der Waals surface area (Å²) in [4.78, 5) is 12.9. The number of hydrogen-bond donors (Lipinski definition) is 6. The molecule has 2 aromatic rings. The third kappa shape index (κ3) is 7.02. The Hall–Kier alpha value is -3.49. The molecule has 0 radical (unpaired) electrons. The largest absolute Gasteiger partial charge is 0.490 e. The van der Waals surface area contributed by atoms with Gasteiger partial charge in [-0.25, -0.2) is 0 Å². The molecule has 0 unspecified atom stereocenters. The van der Waals surface area contributed by atoms with E-state index in [-0.39, 0.29) is 18.8 Å². The molecule has 9 atom stereocenters. The first-order valence-corrected chi connectivity index (χ1v) is 14.1. The topological polar surface area (TPSA) is 182 Å². The van der Waals surface area contributed by atoms with Crippen molar-refractivity contribution in [1.29, 1.82) is 0 Å². The Morgan fingerprint density at radius 2 is 1.74 bits per heavy atom. The summed E-state index contributed by atoms with van der Waals surface area (Å²) < 4.78 is 28.1. The van der Waals surface area contributed by atoms with Crippen LogP contribution in [-0.4, -0.2) is 94.8 Å². The van der Waals surface area contributed by atoms with E-state index in [1.807, 2.05) is 43.3 Å². The molecule has 1 saturated carbocycles. The van der Waals surface area contributed by atoms with Gasteiger partial charge in [-0.1, -0.05) is 24.3 Å². The van der Waals surface area contributed by atoms with Crippen LogP contribution in [0.25, 0.3) is 6.08 Å².